The molecule has 0 aliphatic carbocycles. The summed E-state index contributed by atoms with van der Waals surface area (Å²) in [5, 5.41) is 2.47. The molecule has 0 radical (unpaired) electrons. The molecule has 55 heavy (non-hydrogen) atoms. The van der Waals surface area contributed by atoms with Gasteiger partial charge in [0, 0.05) is 62.0 Å². The second-order valence-corrected chi connectivity index (χ2v) is 13.6. The topological polar surface area (TPSA) is 26.0 Å². The van der Waals surface area contributed by atoms with Crippen molar-refractivity contribution in [3.8, 4) is 45.0 Å². The molecule has 0 fully saturated rings. The van der Waals surface area contributed by atoms with Crippen molar-refractivity contribution in [2.24, 2.45) is 0 Å². The number of hydrogen-bond acceptors (Lipinski definition) is 2. The fraction of sp³-hybridized carbons (Fsp3) is 0.0784. The number of hydrogen-bond donors (Lipinski definition) is 0. The second kappa shape index (κ2) is 14.1. The summed E-state index contributed by atoms with van der Waals surface area (Å²) in [4.78, 5) is 7.32. The number of para-hydroxylation sites is 5. The summed E-state index contributed by atoms with van der Waals surface area (Å²) < 4.78 is 4.85. The van der Waals surface area contributed by atoms with Crippen molar-refractivity contribution < 1.29 is 0 Å². The Morgan fingerprint density at radius 1 is 0.527 bits per heavy atom. The van der Waals surface area contributed by atoms with Crippen LogP contribution in [-0.2, 0) is 0 Å². The van der Waals surface area contributed by atoms with Crippen molar-refractivity contribution >= 4 is 44.9 Å². The first kappa shape index (κ1) is 33.9. The molecule has 0 spiro atoms. The number of anilines is 3. The highest BCUT2D eigenvalue weighted by Crippen LogP contribution is 2.54. The number of allylic oxidation sites excluding steroid dienone is 1. The van der Waals surface area contributed by atoms with Gasteiger partial charge in [-0.05, 0) is 92.2 Å². The maximum absolute atomic E-state index is 4.86. The van der Waals surface area contributed by atoms with E-state index in [2.05, 4.69) is 198 Å². The van der Waals surface area contributed by atoms with Crippen LogP contribution in [0.1, 0.15) is 32.0 Å². The van der Waals surface area contributed by atoms with Gasteiger partial charge in [0.15, 0.2) is 0 Å². The van der Waals surface area contributed by atoms with Crippen molar-refractivity contribution in [2.45, 2.75) is 27.7 Å². The molecule has 0 saturated carbocycles. The molecular formula is C51H42N4. The van der Waals surface area contributed by atoms with Crippen LogP contribution in [0.5, 0.6) is 0 Å². The Hall–Kier alpha value is -6.91. The quantitative estimate of drug-likeness (QED) is 0.178. The van der Waals surface area contributed by atoms with E-state index in [1.807, 2.05) is 26.1 Å². The lowest BCUT2D eigenvalue weighted by molar-refractivity contribution is 1.09. The Bertz CT molecular complexity index is 2860. The monoisotopic (exact) mass is 710 g/mol. The van der Waals surface area contributed by atoms with Crippen LogP contribution in [0.15, 0.2) is 176 Å². The molecule has 3 aromatic heterocycles. The third kappa shape index (κ3) is 5.49. The van der Waals surface area contributed by atoms with E-state index in [1.54, 1.807) is 0 Å². The lowest BCUT2D eigenvalue weighted by atomic mass is 9.98. The number of nitrogens with zero attached hydrogens (tertiary/aromatic N) is 4. The van der Waals surface area contributed by atoms with Gasteiger partial charge in [-0.1, -0.05) is 117 Å². The van der Waals surface area contributed by atoms with Crippen LogP contribution in [0.4, 0.5) is 17.1 Å². The van der Waals surface area contributed by atoms with Gasteiger partial charge in [-0.25, -0.2) is 0 Å². The van der Waals surface area contributed by atoms with Gasteiger partial charge in [-0.2, -0.15) is 0 Å². The average molecular weight is 711 g/mol. The van der Waals surface area contributed by atoms with Gasteiger partial charge in [0.1, 0.15) is 0 Å². The molecule has 6 aromatic carbocycles. The summed E-state index contributed by atoms with van der Waals surface area (Å²) >= 11 is 0. The van der Waals surface area contributed by atoms with Crippen molar-refractivity contribution in [1.29, 1.82) is 0 Å². The standard InChI is InChI=1S/C49H36N4.C2H6/c1-3-17-43-33(2)38-20-7-11-25-44(38)51(43)36-30-34(42-24-15-16-29-50-42)31-37(32-36)52-45-26-12-8-21-39(45)48-40-22-9-13-27-46(40)53(35-18-5-4-6-19-35)49(48)41-23-10-14-28-47(41)52;1-2/h3-32H,1-2H3;1-2H3/b17-3-;. The van der Waals surface area contributed by atoms with Crippen LogP contribution >= 0.6 is 0 Å². The predicted octanol–water partition coefficient (Wildman–Crippen LogP) is 14.1. The Labute approximate surface area is 322 Å². The zero-order valence-electron chi connectivity index (χ0n) is 31.6. The molecule has 0 amide bonds. The molecule has 9 aromatic rings. The predicted molar refractivity (Wildman–Crippen MR) is 233 cm³/mol. The zero-order valence-corrected chi connectivity index (χ0v) is 31.6. The SMILES string of the molecule is C/C=C\c1c(C)c2ccccc2n1-c1cc(-c2ccccn2)cc(N2c3ccccc3-c3c(n(-c4ccccc4)c4ccccc34)-c3ccccc32)c1.CC. The summed E-state index contributed by atoms with van der Waals surface area (Å²) in [6, 6.07) is 59.1. The van der Waals surface area contributed by atoms with Crippen LogP contribution in [0.3, 0.4) is 0 Å². The van der Waals surface area contributed by atoms with Crippen LogP contribution in [0, 0.1) is 6.92 Å². The first-order valence-electron chi connectivity index (χ1n) is 19.2. The van der Waals surface area contributed by atoms with E-state index in [4.69, 9.17) is 4.98 Å². The molecule has 0 unspecified atom stereocenters. The molecule has 4 heterocycles. The van der Waals surface area contributed by atoms with Gasteiger partial charge in [0.2, 0.25) is 0 Å². The summed E-state index contributed by atoms with van der Waals surface area (Å²) in [5.74, 6) is 0. The van der Waals surface area contributed by atoms with Crippen molar-refractivity contribution in [2.75, 3.05) is 4.90 Å². The normalized spacial score (nSPS) is 11.9. The first-order chi connectivity index (χ1) is 27.2. The summed E-state index contributed by atoms with van der Waals surface area (Å²) in [5.41, 5.74) is 17.1. The van der Waals surface area contributed by atoms with E-state index in [0.717, 1.165) is 39.7 Å². The minimum absolute atomic E-state index is 0.928. The van der Waals surface area contributed by atoms with Crippen LogP contribution < -0.4 is 4.90 Å². The number of benzene rings is 6. The molecule has 266 valence electrons. The highest BCUT2D eigenvalue weighted by Gasteiger charge is 2.31. The van der Waals surface area contributed by atoms with E-state index in [9.17, 15) is 0 Å². The molecule has 0 atom stereocenters. The first-order valence-corrected chi connectivity index (χ1v) is 19.2. The van der Waals surface area contributed by atoms with Crippen molar-refractivity contribution in [3.05, 3.63) is 187 Å². The third-order valence-corrected chi connectivity index (χ3v) is 10.6. The molecule has 4 heteroatoms. The smallest absolute Gasteiger partial charge is 0.0703 e. The molecule has 0 saturated heterocycles. The van der Waals surface area contributed by atoms with E-state index >= 15 is 0 Å². The largest absolute Gasteiger partial charge is 0.310 e. The Morgan fingerprint density at radius 3 is 1.85 bits per heavy atom. The summed E-state index contributed by atoms with van der Waals surface area (Å²) in [6.07, 6.45) is 6.23. The Balaban J connectivity index is 0.00000195. The molecule has 1 aliphatic heterocycles. The maximum Gasteiger partial charge on any atom is 0.0703 e. The van der Waals surface area contributed by atoms with Gasteiger partial charge < -0.3 is 14.0 Å². The van der Waals surface area contributed by atoms with Crippen LogP contribution in [0.2, 0.25) is 0 Å². The van der Waals surface area contributed by atoms with E-state index in [0.29, 0.717) is 0 Å². The Morgan fingerprint density at radius 2 is 1.13 bits per heavy atom. The zero-order chi connectivity index (χ0) is 37.5. The lowest BCUT2D eigenvalue weighted by Gasteiger charge is -2.29. The van der Waals surface area contributed by atoms with Gasteiger partial charge >= 0.3 is 0 Å². The molecule has 1 aliphatic rings. The van der Waals surface area contributed by atoms with E-state index < -0.39 is 0 Å². The Kier molecular flexibility index (Phi) is 8.72. The third-order valence-electron chi connectivity index (χ3n) is 10.6. The van der Waals surface area contributed by atoms with Gasteiger partial charge in [0.05, 0.1) is 33.8 Å². The highest BCUT2D eigenvalue weighted by molar-refractivity contribution is 6.13. The number of aromatic nitrogens is 3. The molecule has 10 rings (SSSR count). The van der Waals surface area contributed by atoms with Crippen molar-refractivity contribution in [3.63, 3.8) is 0 Å². The molecule has 4 nitrogen and oxygen atoms in total. The molecular weight excluding hydrogens is 669 g/mol. The van der Waals surface area contributed by atoms with E-state index in [-0.39, 0.29) is 0 Å². The van der Waals surface area contributed by atoms with Gasteiger partial charge in [-0.3, -0.25) is 4.98 Å². The fourth-order valence-electron chi connectivity index (χ4n) is 8.36. The molecule has 0 bridgehead atoms. The lowest BCUT2D eigenvalue weighted by Crippen LogP contribution is -2.12. The molecule has 0 N–H and O–H groups in total. The van der Waals surface area contributed by atoms with Crippen LogP contribution in [-0.4, -0.2) is 14.1 Å². The number of fused-ring (bicyclic) bond motifs is 8. The number of rotatable bonds is 5. The minimum Gasteiger partial charge on any atom is -0.310 e. The van der Waals surface area contributed by atoms with Gasteiger partial charge in [-0.15, -0.1) is 0 Å². The number of pyridine rings is 1. The minimum atomic E-state index is 0.928. The average Bonchev–Trinajstić information content (AvgIpc) is 3.70. The van der Waals surface area contributed by atoms with Crippen molar-refractivity contribution in [1.82, 2.24) is 14.1 Å². The summed E-state index contributed by atoms with van der Waals surface area (Å²) in [7, 11) is 0. The van der Waals surface area contributed by atoms with Gasteiger partial charge in [0.25, 0.3) is 0 Å². The summed E-state index contributed by atoms with van der Waals surface area (Å²) in [6.45, 7) is 8.31. The number of aryl methyl sites for hydroxylation is 1. The second-order valence-electron chi connectivity index (χ2n) is 13.6. The van der Waals surface area contributed by atoms with E-state index in [1.165, 1.54) is 55.4 Å². The maximum atomic E-state index is 4.86. The highest BCUT2D eigenvalue weighted by atomic mass is 15.2. The van der Waals surface area contributed by atoms with Crippen LogP contribution in [0.25, 0.3) is 72.9 Å². The fourth-order valence-corrected chi connectivity index (χ4v) is 8.36.